The summed E-state index contributed by atoms with van der Waals surface area (Å²) in [6.45, 7) is 1.92. The zero-order valence-electron chi connectivity index (χ0n) is 7.22. The molecule has 1 aromatic rings. The summed E-state index contributed by atoms with van der Waals surface area (Å²) in [4.78, 5) is 0. The number of aliphatic hydroxyl groups excluding tert-OH is 1. The Morgan fingerprint density at radius 2 is 2.31 bits per heavy atom. The van der Waals surface area contributed by atoms with Crippen molar-refractivity contribution in [1.82, 2.24) is 0 Å². The average molecular weight is 204 g/mol. The molecule has 4 heteroatoms. The monoisotopic (exact) mass is 203 g/mol. The summed E-state index contributed by atoms with van der Waals surface area (Å²) in [5, 5.41) is 12.2. The van der Waals surface area contributed by atoms with Gasteiger partial charge in [-0.05, 0) is 25.1 Å². The van der Waals surface area contributed by atoms with Crippen LogP contribution in [0.5, 0.6) is 0 Å². The molecule has 13 heavy (non-hydrogen) atoms. The predicted octanol–water partition coefficient (Wildman–Crippen LogP) is 2.27. The molecule has 0 unspecified atom stereocenters. The lowest BCUT2D eigenvalue weighted by molar-refractivity contribution is 0.208. The van der Waals surface area contributed by atoms with E-state index in [0.717, 1.165) is 0 Å². The van der Waals surface area contributed by atoms with Crippen molar-refractivity contribution in [3.8, 4) is 0 Å². The number of hydrogen-bond donors (Lipinski definition) is 2. The molecule has 1 aromatic carbocycles. The van der Waals surface area contributed by atoms with Gasteiger partial charge in [-0.1, -0.05) is 11.6 Å². The van der Waals surface area contributed by atoms with Crippen molar-refractivity contribution in [3.05, 3.63) is 29.0 Å². The minimum Gasteiger partial charge on any atom is -0.392 e. The van der Waals surface area contributed by atoms with Crippen molar-refractivity contribution in [2.24, 2.45) is 0 Å². The molecule has 0 aromatic heterocycles. The number of rotatable bonds is 3. The Morgan fingerprint density at radius 3 is 2.92 bits per heavy atom. The van der Waals surface area contributed by atoms with Crippen molar-refractivity contribution in [3.63, 3.8) is 0 Å². The van der Waals surface area contributed by atoms with Gasteiger partial charge in [0.15, 0.2) is 0 Å². The third-order valence-corrected chi connectivity index (χ3v) is 1.75. The van der Waals surface area contributed by atoms with Gasteiger partial charge in [0.25, 0.3) is 0 Å². The quantitative estimate of drug-likeness (QED) is 0.790. The molecule has 0 aliphatic rings. The van der Waals surface area contributed by atoms with E-state index in [9.17, 15) is 4.39 Å². The smallest absolute Gasteiger partial charge is 0.146 e. The molecule has 0 spiro atoms. The fourth-order valence-corrected chi connectivity index (χ4v) is 1.06. The fourth-order valence-electron chi connectivity index (χ4n) is 0.891. The van der Waals surface area contributed by atoms with Gasteiger partial charge in [-0.25, -0.2) is 4.39 Å². The molecule has 72 valence electrons. The topological polar surface area (TPSA) is 32.3 Å². The highest BCUT2D eigenvalue weighted by Crippen LogP contribution is 2.19. The molecule has 0 amide bonds. The molecule has 0 aliphatic heterocycles. The van der Waals surface area contributed by atoms with Crippen molar-refractivity contribution >= 4 is 17.3 Å². The maximum Gasteiger partial charge on any atom is 0.146 e. The normalized spacial score (nSPS) is 12.6. The summed E-state index contributed by atoms with van der Waals surface area (Å²) >= 11 is 5.66. The Hall–Kier alpha value is -0.800. The number of halogens is 2. The number of anilines is 1. The Labute approximate surface area is 81.3 Å². The van der Waals surface area contributed by atoms with Crippen LogP contribution >= 0.6 is 11.6 Å². The maximum absolute atomic E-state index is 13.0. The van der Waals surface area contributed by atoms with Gasteiger partial charge in [0.1, 0.15) is 5.82 Å². The van der Waals surface area contributed by atoms with E-state index < -0.39 is 6.10 Å². The summed E-state index contributed by atoms with van der Waals surface area (Å²) in [7, 11) is 0. The van der Waals surface area contributed by atoms with Crippen LogP contribution in [0.1, 0.15) is 6.92 Å². The van der Waals surface area contributed by atoms with Crippen LogP contribution in [-0.2, 0) is 0 Å². The van der Waals surface area contributed by atoms with Gasteiger partial charge in [0, 0.05) is 11.6 Å². The number of benzene rings is 1. The first-order valence-electron chi connectivity index (χ1n) is 3.96. The molecule has 1 atom stereocenters. The van der Waals surface area contributed by atoms with Crippen LogP contribution in [-0.4, -0.2) is 17.8 Å². The molecular weight excluding hydrogens is 193 g/mol. The van der Waals surface area contributed by atoms with Crippen LogP contribution in [0.25, 0.3) is 0 Å². The Kier molecular flexibility index (Phi) is 3.51. The van der Waals surface area contributed by atoms with Crippen LogP contribution < -0.4 is 5.32 Å². The first-order valence-corrected chi connectivity index (χ1v) is 4.34. The zero-order valence-corrected chi connectivity index (χ0v) is 7.98. The Balaban J connectivity index is 2.70. The summed E-state index contributed by atoms with van der Waals surface area (Å²) < 4.78 is 13.0. The molecule has 0 bridgehead atoms. The first-order chi connectivity index (χ1) is 6.09. The minimum absolute atomic E-state index is 0.303. The zero-order chi connectivity index (χ0) is 9.84. The third-order valence-electron chi connectivity index (χ3n) is 1.52. The number of hydrogen-bond acceptors (Lipinski definition) is 2. The number of aliphatic hydroxyl groups is 1. The lowest BCUT2D eigenvalue weighted by Crippen LogP contribution is -2.15. The van der Waals surface area contributed by atoms with Crippen LogP contribution in [0.3, 0.4) is 0 Å². The SMILES string of the molecule is C[C@H](O)CNc1cc(Cl)ccc1F. The number of nitrogens with one attached hydrogen (secondary N) is 1. The molecule has 0 aliphatic carbocycles. The summed E-state index contributed by atoms with van der Waals surface area (Å²) in [6.07, 6.45) is -0.515. The Bertz CT molecular complexity index is 291. The second-order valence-electron chi connectivity index (χ2n) is 2.85. The summed E-state index contributed by atoms with van der Waals surface area (Å²) in [6, 6.07) is 4.25. The van der Waals surface area contributed by atoms with E-state index >= 15 is 0 Å². The summed E-state index contributed by atoms with van der Waals surface area (Å²) in [5.41, 5.74) is 0.313. The molecule has 2 N–H and O–H groups in total. The van der Waals surface area contributed by atoms with Gasteiger partial charge < -0.3 is 10.4 Å². The van der Waals surface area contributed by atoms with Crippen LogP contribution in [0.2, 0.25) is 5.02 Å². The standard InChI is InChI=1S/C9H11ClFNO/c1-6(13)5-12-9-4-7(10)2-3-8(9)11/h2-4,6,12-13H,5H2,1H3/t6-/m0/s1. The van der Waals surface area contributed by atoms with E-state index in [1.807, 2.05) is 0 Å². The van der Waals surface area contributed by atoms with Gasteiger partial charge in [-0.15, -0.1) is 0 Å². The van der Waals surface area contributed by atoms with Crippen molar-refractivity contribution in [2.45, 2.75) is 13.0 Å². The highest BCUT2D eigenvalue weighted by molar-refractivity contribution is 6.30. The first kappa shape index (κ1) is 10.3. The second kappa shape index (κ2) is 4.44. The predicted molar refractivity (Wildman–Crippen MR) is 51.6 cm³/mol. The van der Waals surface area contributed by atoms with E-state index in [0.29, 0.717) is 17.3 Å². The highest BCUT2D eigenvalue weighted by atomic mass is 35.5. The fraction of sp³-hybridized carbons (Fsp3) is 0.333. The van der Waals surface area contributed by atoms with Crippen molar-refractivity contribution in [2.75, 3.05) is 11.9 Å². The van der Waals surface area contributed by atoms with Crippen molar-refractivity contribution < 1.29 is 9.50 Å². The van der Waals surface area contributed by atoms with Gasteiger partial charge in [0.2, 0.25) is 0 Å². The third kappa shape index (κ3) is 3.20. The van der Waals surface area contributed by atoms with E-state index in [-0.39, 0.29) is 5.82 Å². The lowest BCUT2D eigenvalue weighted by atomic mass is 10.3. The van der Waals surface area contributed by atoms with E-state index in [1.165, 1.54) is 18.2 Å². The van der Waals surface area contributed by atoms with E-state index in [1.54, 1.807) is 6.92 Å². The lowest BCUT2D eigenvalue weighted by Gasteiger charge is -2.09. The molecular formula is C9H11ClFNO. The summed E-state index contributed by atoms with van der Waals surface area (Å²) in [5.74, 6) is -0.370. The molecule has 1 rings (SSSR count). The van der Waals surface area contributed by atoms with Gasteiger partial charge in [0.05, 0.1) is 11.8 Å². The van der Waals surface area contributed by atoms with Gasteiger partial charge in [-0.3, -0.25) is 0 Å². The molecule has 2 nitrogen and oxygen atoms in total. The van der Waals surface area contributed by atoms with Crippen LogP contribution in [0.15, 0.2) is 18.2 Å². The van der Waals surface area contributed by atoms with Gasteiger partial charge >= 0.3 is 0 Å². The maximum atomic E-state index is 13.0. The van der Waals surface area contributed by atoms with Crippen LogP contribution in [0.4, 0.5) is 10.1 Å². The second-order valence-corrected chi connectivity index (χ2v) is 3.29. The minimum atomic E-state index is -0.515. The van der Waals surface area contributed by atoms with E-state index in [4.69, 9.17) is 16.7 Å². The average Bonchev–Trinajstić information content (AvgIpc) is 2.06. The highest BCUT2D eigenvalue weighted by Gasteiger charge is 2.02. The van der Waals surface area contributed by atoms with Crippen LogP contribution in [0, 0.1) is 5.82 Å². The Morgan fingerprint density at radius 1 is 1.62 bits per heavy atom. The molecule has 0 heterocycles. The molecule has 0 fully saturated rings. The largest absolute Gasteiger partial charge is 0.392 e. The molecule has 0 saturated heterocycles. The molecule has 0 radical (unpaired) electrons. The molecule has 0 saturated carbocycles. The van der Waals surface area contributed by atoms with Gasteiger partial charge in [-0.2, -0.15) is 0 Å². The van der Waals surface area contributed by atoms with Crippen molar-refractivity contribution in [1.29, 1.82) is 0 Å². The van der Waals surface area contributed by atoms with E-state index in [2.05, 4.69) is 5.32 Å².